The van der Waals surface area contributed by atoms with E-state index in [1.54, 1.807) is 0 Å². The smallest absolute Gasteiger partial charge is 0.152 e. The molecule has 1 heterocycles. The van der Waals surface area contributed by atoms with Crippen molar-refractivity contribution in [2.24, 2.45) is 0 Å². The molecule has 1 fully saturated rings. The van der Waals surface area contributed by atoms with Gasteiger partial charge < -0.3 is 4.74 Å². The van der Waals surface area contributed by atoms with Crippen molar-refractivity contribution in [3.05, 3.63) is 0 Å². The second-order valence-corrected chi connectivity index (χ2v) is 6.19. The molecule has 0 bridgehead atoms. The van der Waals surface area contributed by atoms with Gasteiger partial charge in [-0.25, -0.2) is 8.42 Å². The van der Waals surface area contributed by atoms with E-state index in [4.69, 9.17) is 4.74 Å². The van der Waals surface area contributed by atoms with Crippen molar-refractivity contribution >= 4 is 9.84 Å². The minimum Gasteiger partial charge on any atom is -0.377 e. The second-order valence-electron chi connectivity index (χ2n) is 3.96. The van der Waals surface area contributed by atoms with E-state index in [-0.39, 0.29) is 11.9 Å². The fourth-order valence-electron chi connectivity index (χ4n) is 1.67. The first-order valence-corrected chi connectivity index (χ1v) is 7.28. The van der Waals surface area contributed by atoms with Gasteiger partial charge in [-0.15, -0.1) is 0 Å². The van der Waals surface area contributed by atoms with Gasteiger partial charge in [-0.3, -0.25) is 0 Å². The topological polar surface area (TPSA) is 43.4 Å². The fourth-order valence-corrected chi connectivity index (χ4v) is 3.29. The van der Waals surface area contributed by atoms with Crippen molar-refractivity contribution in [2.45, 2.75) is 45.1 Å². The van der Waals surface area contributed by atoms with Gasteiger partial charge in [0.15, 0.2) is 9.84 Å². The van der Waals surface area contributed by atoms with Crippen molar-refractivity contribution in [1.29, 1.82) is 0 Å². The molecule has 4 heteroatoms. The minimum absolute atomic E-state index is 0.0263. The molecule has 3 nitrogen and oxygen atoms in total. The van der Waals surface area contributed by atoms with E-state index in [2.05, 4.69) is 6.92 Å². The van der Waals surface area contributed by atoms with Gasteiger partial charge in [0.05, 0.1) is 17.6 Å². The quantitative estimate of drug-likeness (QED) is 0.641. The molecule has 1 unspecified atom stereocenters. The average Bonchev–Trinajstić information content (AvgIpc) is 2.45. The first-order valence-electron chi connectivity index (χ1n) is 5.46. The summed E-state index contributed by atoms with van der Waals surface area (Å²) in [6.07, 6.45) is 5.38. The van der Waals surface area contributed by atoms with Crippen molar-refractivity contribution in [3.63, 3.8) is 0 Å². The maximum atomic E-state index is 11.1. The summed E-state index contributed by atoms with van der Waals surface area (Å²) in [6.45, 7) is 2.89. The number of ether oxygens (including phenoxy) is 1. The molecule has 1 aliphatic heterocycles. The Bertz CT molecular complexity index is 246. The van der Waals surface area contributed by atoms with Crippen molar-refractivity contribution in [2.75, 3.05) is 18.1 Å². The van der Waals surface area contributed by atoms with Gasteiger partial charge in [-0.2, -0.15) is 0 Å². The standard InChI is InChI=1S/C10H20O3S/c1-2-3-4-5-7-13-10-6-8-14(11,12)9-10/h10H,2-9H2,1H3. The summed E-state index contributed by atoms with van der Waals surface area (Å²) >= 11 is 0. The zero-order chi connectivity index (χ0) is 10.4. The maximum Gasteiger partial charge on any atom is 0.152 e. The Morgan fingerprint density at radius 2 is 2.07 bits per heavy atom. The van der Waals surface area contributed by atoms with Crippen LogP contribution in [0.5, 0.6) is 0 Å². The Labute approximate surface area is 86.8 Å². The van der Waals surface area contributed by atoms with Gasteiger partial charge in [0.1, 0.15) is 0 Å². The van der Waals surface area contributed by atoms with Crippen LogP contribution in [0, 0.1) is 0 Å². The predicted molar refractivity (Wildman–Crippen MR) is 57.2 cm³/mol. The lowest BCUT2D eigenvalue weighted by Gasteiger charge is -2.08. The van der Waals surface area contributed by atoms with Gasteiger partial charge in [0, 0.05) is 6.61 Å². The van der Waals surface area contributed by atoms with E-state index >= 15 is 0 Å². The van der Waals surface area contributed by atoms with Gasteiger partial charge in [-0.1, -0.05) is 26.2 Å². The summed E-state index contributed by atoms with van der Waals surface area (Å²) in [5.74, 6) is 0.549. The molecule has 1 rings (SSSR count). The molecule has 0 radical (unpaired) electrons. The summed E-state index contributed by atoms with van der Waals surface area (Å²) in [6, 6.07) is 0. The molecule has 1 aliphatic rings. The van der Waals surface area contributed by atoms with Crippen LogP contribution in [0.3, 0.4) is 0 Å². The van der Waals surface area contributed by atoms with E-state index in [0.717, 1.165) is 13.0 Å². The number of hydrogen-bond donors (Lipinski definition) is 0. The highest BCUT2D eigenvalue weighted by atomic mass is 32.2. The molecule has 0 saturated carbocycles. The molecule has 14 heavy (non-hydrogen) atoms. The zero-order valence-corrected chi connectivity index (χ0v) is 9.68. The van der Waals surface area contributed by atoms with Crippen LogP contribution in [0.15, 0.2) is 0 Å². The van der Waals surface area contributed by atoms with E-state index < -0.39 is 9.84 Å². The van der Waals surface area contributed by atoms with E-state index in [1.165, 1.54) is 19.3 Å². The zero-order valence-electron chi connectivity index (χ0n) is 8.87. The lowest BCUT2D eigenvalue weighted by molar-refractivity contribution is 0.0680. The predicted octanol–water partition coefficient (Wildman–Crippen LogP) is 1.77. The monoisotopic (exact) mass is 220 g/mol. The SMILES string of the molecule is CCCCCCOC1CCS(=O)(=O)C1. The van der Waals surface area contributed by atoms with E-state index in [9.17, 15) is 8.42 Å². The van der Waals surface area contributed by atoms with E-state index in [1.807, 2.05) is 0 Å². The van der Waals surface area contributed by atoms with Gasteiger partial charge >= 0.3 is 0 Å². The lowest BCUT2D eigenvalue weighted by Crippen LogP contribution is -2.15. The number of sulfone groups is 1. The first-order chi connectivity index (χ1) is 6.64. The summed E-state index contributed by atoms with van der Waals surface area (Å²) in [5.41, 5.74) is 0. The number of hydrogen-bond acceptors (Lipinski definition) is 3. The Morgan fingerprint density at radius 3 is 2.64 bits per heavy atom. The normalized spacial score (nSPS) is 25.4. The van der Waals surface area contributed by atoms with Gasteiger partial charge in [0.25, 0.3) is 0 Å². The fraction of sp³-hybridized carbons (Fsp3) is 1.00. The third-order valence-electron chi connectivity index (χ3n) is 2.54. The van der Waals surface area contributed by atoms with Crippen LogP contribution < -0.4 is 0 Å². The summed E-state index contributed by atoms with van der Waals surface area (Å²) in [4.78, 5) is 0. The highest BCUT2D eigenvalue weighted by molar-refractivity contribution is 7.91. The Kier molecular flexibility index (Phi) is 4.89. The molecular formula is C10H20O3S. The van der Waals surface area contributed by atoms with Crippen LogP contribution >= 0.6 is 0 Å². The molecule has 84 valence electrons. The third-order valence-corrected chi connectivity index (χ3v) is 4.28. The minimum atomic E-state index is -2.77. The maximum absolute atomic E-state index is 11.1. The number of unbranched alkanes of at least 4 members (excludes halogenated alkanes) is 3. The van der Waals surface area contributed by atoms with Crippen LogP contribution in [0.2, 0.25) is 0 Å². The average molecular weight is 220 g/mol. The third kappa shape index (κ3) is 4.42. The molecule has 0 amide bonds. The summed E-state index contributed by atoms with van der Waals surface area (Å²) < 4.78 is 27.7. The first kappa shape index (κ1) is 12.0. The van der Waals surface area contributed by atoms with Gasteiger partial charge in [-0.05, 0) is 12.8 Å². The largest absolute Gasteiger partial charge is 0.377 e. The molecule has 1 saturated heterocycles. The highest BCUT2D eigenvalue weighted by Crippen LogP contribution is 2.15. The molecule has 0 N–H and O–H groups in total. The molecule has 0 spiro atoms. The van der Waals surface area contributed by atoms with Crippen LogP contribution in [0.25, 0.3) is 0 Å². The Morgan fingerprint density at radius 1 is 1.29 bits per heavy atom. The van der Waals surface area contributed by atoms with Crippen molar-refractivity contribution < 1.29 is 13.2 Å². The number of rotatable bonds is 6. The molecule has 0 aromatic carbocycles. The summed E-state index contributed by atoms with van der Waals surface area (Å²) in [7, 11) is -2.77. The molecule has 0 aromatic heterocycles. The summed E-state index contributed by atoms with van der Waals surface area (Å²) in [5, 5.41) is 0. The van der Waals surface area contributed by atoms with Crippen molar-refractivity contribution in [1.82, 2.24) is 0 Å². The molecule has 1 atom stereocenters. The highest BCUT2D eigenvalue weighted by Gasteiger charge is 2.28. The molecular weight excluding hydrogens is 200 g/mol. The van der Waals surface area contributed by atoms with Gasteiger partial charge in [0.2, 0.25) is 0 Å². The second kappa shape index (κ2) is 5.71. The Balaban J connectivity index is 2.03. The lowest BCUT2D eigenvalue weighted by atomic mass is 10.2. The van der Waals surface area contributed by atoms with Crippen LogP contribution in [0.1, 0.15) is 39.0 Å². The molecule has 0 aromatic rings. The van der Waals surface area contributed by atoms with Crippen molar-refractivity contribution in [3.8, 4) is 0 Å². The van der Waals surface area contributed by atoms with E-state index in [0.29, 0.717) is 12.2 Å². The van der Waals surface area contributed by atoms with Crippen LogP contribution in [0.4, 0.5) is 0 Å². The van der Waals surface area contributed by atoms with Crippen LogP contribution in [-0.4, -0.2) is 32.6 Å². The van der Waals surface area contributed by atoms with Crippen LogP contribution in [-0.2, 0) is 14.6 Å². The molecule has 0 aliphatic carbocycles. The Hall–Kier alpha value is -0.0900.